The summed E-state index contributed by atoms with van der Waals surface area (Å²) in [7, 11) is 0. The fraction of sp³-hybridized carbons (Fsp3) is 0.286. The SMILES string of the molecule is N.NCCc1ccccn1. The van der Waals surface area contributed by atoms with Crippen LogP contribution in [0.2, 0.25) is 0 Å². The van der Waals surface area contributed by atoms with Crippen molar-refractivity contribution in [1.82, 2.24) is 11.1 Å². The number of pyridine rings is 1. The maximum Gasteiger partial charge on any atom is 0.0416 e. The van der Waals surface area contributed by atoms with Crippen molar-refractivity contribution >= 4 is 0 Å². The van der Waals surface area contributed by atoms with Crippen LogP contribution in [0.1, 0.15) is 5.69 Å². The van der Waals surface area contributed by atoms with Crippen LogP contribution in [-0.2, 0) is 6.42 Å². The highest BCUT2D eigenvalue weighted by atomic mass is 14.7. The molecule has 1 aromatic rings. The quantitative estimate of drug-likeness (QED) is 0.634. The summed E-state index contributed by atoms with van der Waals surface area (Å²) < 4.78 is 0. The van der Waals surface area contributed by atoms with E-state index in [0.717, 1.165) is 12.1 Å². The Morgan fingerprint density at radius 2 is 2.20 bits per heavy atom. The molecule has 10 heavy (non-hydrogen) atoms. The van der Waals surface area contributed by atoms with E-state index in [2.05, 4.69) is 4.98 Å². The molecule has 0 aromatic carbocycles. The summed E-state index contributed by atoms with van der Waals surface area (Å²) in [5.74, 6) is 0. The first kappa shape index (κ1) is 9.07. The molecule has 0 atom stereocenters. The second-order valence-corrected chi connectivity index (χ2v) is 1.86. The average molecular weight is 139 g/mol. The second-order valence-electron chi connectivity index (χ2n) is 1.86. The Bertz CT molecular complexity index is 162. The number of hydrogen-bond donors (Lipinski definition) is 2. The molecule has 56 valence electrons. The number of aromatic nitrogens is 1. The van der Waals surface area contributed by atoms with Gasteiger partial charge in [0.1, 0.15) is 0 Å². The normalized spacial score (nSPS) is 8.50. The molecule has 0 bridgehead atoms. The van der Waals surface area contributed by atoms with E-state index in [0.29, 0.717) is 6.54 Å². The minimum Gasteiger partial charge on any atom is -0.344 e. The van der Waals surface area contributed by atoms with Crippen molar-refractivity contribution in [1.29, 1.82) is 0 Å². The maximum atomic E-state index is 5.32. The Morgan fingerprint density at radius 3 is 2.70 bits per heavy atom. The summed E-state index contributed by atoms with van der Waals surface area (Å²) in [4.78, 5) is 4.09. The van der Waals surface area contributed by atoms with Gasteiger partial charge in [-0.1, -0.05) is 6.07 Å². The summed E-state index contributed by atoms with van der Waals surface area (Å²) in [6.45, 7) is 0.678. The molecule has 0 unspecified atom stereocenters. The molecule has 0 fully saturated rings. The van der Waals surface area contributed by atoms with E-state index in [1.807, 2.05) is 18.2 Å². The van der Waals surface area contributed by atoms with Gasteiger partial charge in [-0.2, -0.15) is 0 Å². The van der Waals surface area contributed by atoms with Crippen LogP contribution < -0.4 is 11.9 Å². The molecule has 0 radical (unpaired) electrons. The van der Waals surface area contributed by atoms with Crippen molar-refractivity contribution in [3.63, 3.8) is 0 Å². The third-order valence-electron chi connectivity index (χ3n) is 1.13. The predicted octanol–water partition coefficient (Wildman–Crippen LogP) is 0.745. The highest BCUT2D eigenvalue weighted by Gasteiger charge is 1.86. The van der Waals surface area contributed by atoms with Gasteiger partial charge in [-0.25, -0.2) is 0 Å². The zero-order valence-electron chi connectivity index (χ0n) is 5.96. The van der Waals surface area contributed by atoms with E-state index in [1.54, 1.807) is 6.20 Å². The van der Waals surface area contributed by atoms with Gasteiger partial charge in [0.05, 0.1) is 0 Å². The van der Waals surface area contributed by atoms with E-state index in [4.69, 9.17) is 5.73 Å². The molecule has 1 aromatic heterocycles. The number of hydrogen-bond acceptors (Lipinski definition) is 3. The fourth-order valence-electron chi connectivity index (χ4n) is 0.694. The Hall–Kier alpha value is -0.930. The summed E-state index contributed by atoms with van der Waals surface area (Å²) in [5, 5.41) is 0. The van der Waals surface area contributed by atoms with Crippen LogP contribution in [0.25, 0.3) is 0 Å². The molecule has 0 spiro atoms. The van der Waals surface area contributed by atoms with Crippen LogP contribution >= 0.6 is 0 Å². The molecule has 0 aliphatic heterocycles. The van der Waals surface area contributed by atoms with Crippen molar-refractivity contribution in [2.75, 3.05) is 6.54 Å². The van der Waals surface area contributed by atoms with Crippen LogP contribution in [0.3, 0.4) is 0 Å². The zero-order valence-corrected chi connectivity index (χ0v) is 5.96. The van der Waals surface area contributed by atoms with E-state index >= 15 is 0 Å². The van der Waals surface area contributed by atoms with Crippen LogP contribution in [0.15, 0.2) is 24.4 Å². The first-order valence-corrected chi connectivity index (χ1v) is 3.03. The van der Waals surface area contributed by atoms with Gasteiger partial charge in [-0.15, -0.1) is 0 Å². The number of rotatable bonds is 2. The molecule has 0 amide bonds. The van der Waals surface area contributed by atoms with Crippen LogP contribution in [0, 0.1) is 0 Å². The highest BCUT2D eigenvalue weighted by Crippen LogP contribution is 1.91. The van der Waals surface area contributed by atoms with Gasteiger partial charge in [0.25, 0.3) is 0 Å². The molecular formula is C7H13N3. The first-order valence-electron chi connectivity index (χ1n) is 3.03. The van der Waals surface area contributed by atoms with Gasteiger partial charge in [-0.05, 0) is 18.7 Å². The zero-order chi connectivity index (χ0) is 6.53. The molecule has 3 nitrogen and oxygen atoms in total. The lowest BCUT2D eigenvalue weighted by molar-refractivity contribution is 0.923. The molecule has 1 heterocycles. The Balaban J connectivity index is 0.000000810. The van der Waals surface area contributed by atoms with E-state index in [9.17, 15) is 0 Å². The molecule has 1 rings (SSSR count). The van der Waals surface area contributed by atoms with E-state index in [-0.39, 0.29) is 6.15 Å². The predicted molar refractivity (Wildman–Crippen MR) is 42.0 cm³/mol. The molecule has 0 aliphatic carbocycles. The minimum atomic E-state index is 0. The molecule has 0 saturated heterocycles. The number of nitrogens with two attached hydrogens (primary N) is 1. The Morgan fingerprint density at radius 1 is 1.40 bits per heavy atom. The largest absolute Gasteiger partial charge is 0.344 e. The summed E-state index contributed by atoms with van der Waals surface area (Å²) >= 11 is 0. The topological polar surface area (TPSA) is 73.9 Å². The second kappa shape index (κ2) is 4.90. The van der Waals surface area contributed by atoms with Crippen molar-refractivity contribution in [3.05, 3.63) is 30.1 Å². The van der Waals surface area contributed by atoms with Crippen LogP contribution in [0.4, 0.5) is 0 Å². The minimum absolute atomic E-state index is 0. The fourth-order valence-corrected chi connectivity index (χ4v) is 0.694. The lowest BCUT2D eigenvalue weighted by Crippen LogP contribution is -2.03. The van der Waals surface area contributed by atoms with Gasteiger partial charge < -0.3 is 11.9 Å². The van der Waals surface area contributed by atoms with Crippen molar-refractivity contribution in [2.24, 2.45) is 5.73 Å². The van der Waals surface area contributed by atoms with Gasteiger partial charge >= 0.3 is 0 Å². The number of nitrogens with zero attached hydrogens (tertiary/aromatic N) is 1. The standard InChI is InChI=1S/C7H10N2.H3N/c8-5-4-7-3-1-2-6-9-7;/h1-3,6H,4-5,8H2;1H3. The van der Waals surface area contributed by atoms with Crippen LogP contribution in [-0.4, -0.2) is 11.5 Å². The van der Waals surface area contributed by atoms with E-state index in [1.165, 1.54) is 0 Å². The molecule has 0 saturated carbocycles. The lowest BCUT2D eigenvalue weighted by Gasteiger charge is -1.92. The summed E-state index contributed by atoms with van der Waals surface area (Å²) in [6.07, 6.45) is 2.66. The third kappa shape index (κ3) is 2.57. The molecule has 0 aliphatic rings. The van der Waals surface area contributed by atoms with Gasteiger partial charge in [-0.3, -0.25) is 4.98 Å². The third-order valence-corrected chi connectivity index (χ3v) is 1.13. The van der Waals surface area contributed by atoms with Crippen molar-refractivity contribution < 1.29 is 0 Å². The highest BCUT2D eigenvalue weighted by molar-refractivity contribution is 5.03. The van der Waals surface area contributed by atoms with Crippen LogP contribution in [0.5, 0.6) is 0 Å². The van der Waals surface area contributed by atoms with Crippen molar-refractivity contribution in [2.45, 2.75) is 6.42 Å². The molecule has 5 N–H and O–H groups in total. The van der Waals surface area contributed by atoms with Crippen molar-refractivity contribution in [3.8, 4) is 0 Å². The van der Waals surface area contributed by atoms with Gasteiger partial charge in [0.15, 0.2) is 0 Å². The first-order chi connectivity index (χ1) is 4.43. The molecular weight excluding hydrogens is 126 g/mol. The van der Waals surface area contributed by atoms with E-state index < -0.39 is 0 Å². The van der Waals surface area contributed by atoms with Gasteiger partial charge in [0.2, 0.25) is 0 Å². The maximum absolute atomic E-state index is 5.32. The Kier molecular flexibility index (Phi) is 4.45. The summed E-state index contributed by atoms with van der Waals surface area (Å²) in [5.41, 5.74) is 6.39. The monoisotopic (exact) mass is 139 g/mol. The lowest BCUT2D eigenvalue weighted by atomic mass is 10.3. The Labute approximate surface area is 60.9 Å². The summed E-state index contributed by atoms with van der Waals surface area (Å²) in [6, 6.07) is 5.85. The smallest absolute Gasteiger partial charge is 0.0416 e. The average Bonchev–Trinajstić information content (AvgIpc) is 1.91. The van der Waals surface area contributed by atoms with Gasteiger partial charge in [0, 0.05) is 18.3 Å². The molecule has 3 heteroatoms.